The Labute approximate surface area is 125 Å². The zero-order valence-corrected chi connectivity index (χ0v) is 12.6. The second-order valence-corrected chi connectivity index (χ2v) is 5.42. The van der Waals surface area contributed by atoms with Crippen molar-refractivity contribution < 1.29 is 9.47 Å². The highest BCUT2D eigenvalue weighted by Crippen LogP contribution is 2.21. The van der Waals surface area contributed by atoms with Gasteiger partial charge in [0.05, 0.1) is 20.3 Å². The Balaban J connectivity index is 1.84. The van der Waals surface area contributed by atoms with Crippen molar-refractivity contribution in [3.05, 3.63) is 0 Å². The summed E-state index contributed by atoms with van der Waals surface area (Å²) in [5.41, 5.74) is 0. The predicted octanol–water partition coefficient (Wildman–Crippen LogP) is 1.10. The molecule has 3 rings (SSSR count). The lowest BCUT2D eigenvalue weighted by atomic mass is 10.2. The van der Waals surface area contributed by atoms with Crippen LogP contribution >= 0.6 is 0 Å². The van der Waals surface area contributed by atoms with Crippen LogP contribution in [0.25, 0.3) is 0 Å². The van der Waals surface area contributed by atoms with E-state index < -0.39 is 0 Å². The van der Waals surface area contributed by atoms with E-state index in [0.717, 1.165) is 32.1 Å². The predicted molar refractivity (Wildman–Crippen MR) is 80.1 cm³/mol. The van der Waals surface area contributed by atoms with E-state index in [1.165, 1.54) is 25.7 Å². The Bertz CT molecular complexity index is 457. The molecule has 1 aromatic rings. The van der Waals surface area contributed by atoms with Gasteiger partial charge in [0.1, 0.15) is 0 Å². The van der Waals surface area contributed by atoms with Crippen LogP contribution in [0.5, 0.6) is 6.01 Å². The molecule has 2 aliphatic rings. The molecule has 116 valence electrons. The van der Waals surface area contributed by atoms with E-state index in [2.05, 4.69) is 24.8 Å². The smallest absolute Gasteiger partial charge is 0.322 e. The van der Waals surface area contributed by atoms with Gasteiger partial charge in [0.15, 0.2) is 0 Å². The molecular weight excluding hydrogens is 270 g/mol. The van der Waals surface area contributed by atoms with Gasteiger partial charge < -0.3 is 19.3 Å². The Hall–Kier alpha value is -1.63. The van der Waals surface area contributed by atoms with Gasteiger partial charge >= 0.3 is 6.01 Å². The molecule has 2 aliphatic heterocycles. The van der Waals surface area contributed by atoms with Crippen LogP contribution in [0.2, 0.25) is 0 Å². The van der Waals surface area contributed by atoms with Crippen molar-refractivity contribution in [2.45, 2.75) is 25.7 Å². The van der Waals surface area contributed by atoms with Gasteiger partial charge in [0.2, 0.25) is 11.9 Å². The largest absolute Gasteiger partial charge is 0.467 e. The fourth-order valence-corrected chi connectivity index (χ4v) is 2.74. The van der Waals surface area contributed by atoms with Gasteiger partial charge in [-0.05, 0) is 12.8 Å². The fraction of sp³-hybridized carbons (Fsp3) is 0.786. The van der Waals surface area contributed by atoms with Crippen LogP contribution in [0.15, 0.2) is 0 Å². The fourth-order valence-electron chi connectivity index (χ4n) is 2.74. The van der Waals surface area contributed by atoms with Crippen molar-refractivity contribution in [1.29, 1.82) is 0 Å². The third-order valence-corrected chi connectivity index (χ3v) is 3.96. The van der Waals surface area contributed by atoms with Crippen molar-refractivity contribution in [2.24, 2.45) is 0 Å². The van der Waals surface area contributed by atoms with Gasteiger partial charge in [-0.3, -0.25) is 0 Å². The minimum atomic E-state index is 0.394. The summed E-state index contributed by atoms with van der Waals surface area (Å²) in [6, 6.07) is 0.394. The Morgan fingerprint density at radius 2 is 1.38 bits per heavy atom. The lowest BCUT2D eigenvalue weighted by molar-refractivity contribution is 0.122. The molecule has 7 nitrogen and oxygen atoms in total. The molecule has 0 aromatic carbocycles. The summed E-state index contributed by atoms with van der Waals surface area (Å²) >= 11 is 0. The molecule has 0 atom stereocenters. The number of ether oxygens (including phenoxy) is 2. The van der Waals surface area contributed by atoms with Crippen LogP contribution in [-0.2, 0) is 4.74 Å². The molecule has 3 heterocycles. The average molecular weight is 293 g/mol. The summed E-state index contributed by atoms with van der Waals surface area (Å²) in [5.74, 6) is 1.44. The maximum absolute atomic E-state index is 5.39. The second kappa shape index (κ2) is 6.89. The average Bonchev–Trinajstić information content (AvgIpc) is 2.84. The normalized spacial score (nSPS) is 20.2. The van der Waals surface area contributed by atoms with E-state index in [0.29, 0.717) is 25.2 Å². The molecule has 7 heteroatoms. The second-order valence-electron chi connectivity index (χ2n) is 5.42. The summed E-state index contributed by atoms with van der Waals surface area (Å²) in [7, 11) is 1.60. The third kappa shape index (κ3) is 3.53. The molecule has 0 unspecified atom stereocenters. The standard InChI is InChI=1S/C14H23N5O2/c1-20-14-16-12(18-6-4-2-3-5-7-18)15-13(17-14)19-8-10-21-11-9-19/h2-11H2,1H3. The highest BCUT2D eigenvalue weighted by molar-refractivity contribution is 5.40. The molecule has 2 saturated heterocycles. The topological polar surface area (TPSA) is 63.6 Å². The zero-order chi connectivity index (χ0) is 14.5. The molecule has 0 aliphatic carbocycles. The number of rotatable bonds is 3. The van der Waals surface area contributed by atoms with E-state index in [-0.39, 0.29) is 0 Å². The molecule has 0 N–H and O–H groups in total. The molecule has 1 aromatic heterocycles. The van der Waals surface area contributed by atoms with Gasteiger partial charge in [-0.25, -0.2) is 0 Å². The van der Waals surface area contributed by atoms with Crippen molar-refractivity contribution >= 4 is 11.9 Å². The maximum Gasteiger partial charge on any atom is 0.322 e. The molecule has 0 spiro atoms. The van der Waals surface area contributed by atoms with Gasteiger partial charge in [0, 0.05) is 26.2 Å². The maximum atomic E-state index is 5.39. The summed E-state index contributed by atoms with van der Waals surface area (Å²) in [4.78, 5) is 17.9. The summed E-state index contributed by atoms with van der Waals surface area (Å²) in [5, 5.41) is 0. The van der Waals surface area contributed by atoms with Crippen LogP contribution in [0.3, 0.4) is 0 Å². The van der Waals surface area contributed by atoms with Gasteiger partial charge in [0.25, 0.3) is 0 Å². The van der Waals surface area contributed by atoms with Crippen molar-refractivity contribution in [3.8, 4) is 6.01 Å². The highest BCUT2D eigenvalue weighted by Gasteiger charge is 2.20. The zero-order valence-electron chi connectivity index (χ0n) is 12.6. The van der Waals surface area contributed by atoms with Crippen molar-refractivity contribution in [1.82, 2.24) is 15.0 Å². The molecule has 21 heavy (non-hydrogen) atoms. The lowest BCUT2D eigenvalue weighted by Crippen LogP contribution is -2.38. The number of methoxy groups -OCH3 is 1. The van der Waals surface area contributed by atoms with Crippen LogP contribution < -0.4 is 14.5 Å². The first-order chi connectivity index (χ1) is 10.4. The van der Waals surface area contributed by atoms with Crippen LogP contribution in [0, 0.1) is 0 Å². The quantitative estimate of drug-likeness (QED) is 0.826. The summed E-state index contributed by atoms with van der Waals surface area (Å²) in [6.07, 6.45) is 4.96. The minimum Gasteiger partial charge on any atom is -0.467 e. The number of aromatic nitrogens is 3. The van der Waals surface area contributed by atoms with E-state index in [1.54, 1.807) is 7.11 Å². The first kappa shape index (κ1) is 14.3. The van der Waals surface area contributed by atoms with Crippen molar-refractivity contribution in [2.75, 3.05) is 56.3 Å². The highest BCUT2D eigenvalue weighted by atomic mass is 16.5. The SMILES string of the molecule is COc1nc(N2CCCCCC2)nc(N2CCOCC2)n1. The van der Waals surface area contributed by atoms with Crippen LogP contribution in [-0.4, -0.2) is 61.5 Å². The Kier molecular flexibility index (Phi) is 4.69. The molecular formula is C14H23N5O2. The van der Waals surface area contributed by atoms with Gasteiger partial charge in [-0.1, -0.05) is 12.8 Å². The number of morpholine rings is 1. The Morgan fingerprint density at radius 1 is 0.810 bits per heavy atom. The molecule has 2 fully saturated rings. The van der Waals surface area contributed by atoms with Crippen LogP contribution in [0.4, 0.5) is 11.9 Å². The molecule has 0 saturated carbocycles. The molecule has 0 bridgehead atoms. The first-order valence-corrected chi connectivity index (χ1v) is 7.74. The van der Waals surface area contributed by atoms with E-state index in [1.807, 2.05) is 0 Å². The minimum absolute atomic E-state index is 0.394. The van der Waals surface area contributed by atoms with Crippen molar-refractivity contribution in [3.63, 3.8) is 0 Å². The van der Waals surface area contributed by atoms with Gasteiger partial charge in [-0.15, -0.1) is 0 Å². The number of hydrogen-bond acceptors (Lipinski definition) is 7. The third-order valence-electron chi connectivity index (χ3n) is 3.96. The molecule has 0 amide bonds. The van der Waals surface area contributed by atoms with Gasteiger partial charge in [-0.2, -0.15) is 15.0 Å². The lowest BCUT2D eigenvalue weighted by Gasteiger charge is -2.28. The number of hydrogen-bond donors (Lipinski definition) is 0. The number of anilines is 2. The van der Waals surface area contributed by atoms with E-state index in [4.69, 9.17) is 9.47 Å². The monoisotopic (exact) mass is 293 g/mol. The van der Waals surface area contributed by atoms with E-state index in [9.17, 15) is 0 Å². The Morgan fingerprint density at radius 3 is 1.95 bits per heavy atom. The summed E-state index contributed by atoms with van der Waals surface area (Å²) in [6.45, 7) is 5.07. The number of nitrogens with zero attached hydrogens (tertiary/aromatic N) is 5. The van der Waals surface area contributed by atoms with E-state index >= 15 is 0 Å². The van der Waals surface area contributed by atoms with Crippen LogP contribution in [0.1, 0.15) is 25.7 Å². The first-order valence-electron chi connectivity index (χ1n) is 7.74. The molecule has 0 radical (unpaired) electrons. The summed E-state index contributed by atoms with van der Waals surface area (Å²) < 4.78 is 10.6.